The number of hydrogen-bond donors (Lipinski definition) is 9. The number of ether oxygens (including phenoxy) is 2. The topological polar surface area (TPSA) is 287 Å². The molecule has 1 unspecified atom stereocenters. The van der Waals surface area contributed by atoms with Crippen molar-refractivity contribution in [1.29, 1.82) is 0 Å². The van der Waals surface area contributed by atoms with Gasteiger partial charge in [0, 0.05) is 43.9 Å². The largest absolute Gasteiger partial charge is 0.472 e. The van der Waals surface area contributed by atoms with Gasteiger partial charge in [-0.2, -0.15) is 0 Å². The quantitative estimate of drug-likeness (QED) is 0.0230. The normalized spacial score (nSPS) is 31.4. The summed E-state index contributed by atoms with van der Waals surface area (Å²) in [6, 6.07) is 0. The molecule has 1 saturated carbocycles. The van der Waals surface area contributed by atoms with Gasteiger partial charge in [-0.25, -0.2) is 4.57 Å². The lowest BCUT2D eigenvalue weighted by Crippen LogP contribution is -2.56. The molecule has 0 aromatic rings. The van der Waals surface area contributed by atoms with Gasteiger partial charge in [-0.05, 0) is 64.2 Å². The Morgan fingerprint density at radius 2 is 1.35 bits per heavy atom. The first-order chi connectivity index (χ1) is 33.0. The molecular weight excluding hydrogens is 916 g/mol. The van der Waals surface area contributed by atoms with Crippen molar-refractivity contribution in [2.75, 3.05) is 13.2 Å². The summed E-state index contributed by atoms with van der Waals surface area (Å²) in [4.78, 5) is 49.7. The lowest BCUT2D eigenvalue weighted by Gasteiger charge is -2.37. The number of Topliss-reactive ketones (excluding diaryl/α,β-unsaturated/α-hetero) is 1. The third-order valence-electron chi connectivity index (χ3n) is 12.3. The number of rotatable bonds is 24. The molecule has 1 saturated heterocycles. The van der Waals surface area contributed by atoms with Crippen molar-refractivity contribution in [3.05, 3.63) is 60.8 Å². The third kappa shape index (κ3) is 26.4. The van der Waals surface area contributed by atoms with E-state index in [4.69, 9.17) is 18.5 Å². The van der Waals surface area contributed by atoms with E-state index < -0.39 is 124 Å². The van der Waals surface area contributed by atoms with Crippen LogP contribution >= 0.6 is 7.82 Å². The summed E-state index contributed by atoms with van der Waals surface area (Å²) in [5.74, 6) is -5.03. The number of fused-ring (bicyclic) bond motifs is 4. The van der Waals surface area contributed by atoms with Crippen molar-refractivity contribution in [2.45, 2.75) is 216 Å². The summed E-state index contributed by atoms with van der Waals surface area (Å²) in [7, 11) is -5.50. The molecule has 0 spiro atoms. The molecule has 18 heteroatoms. The van der Waals surface area contributed by atoms with Crippen LogP contribution in [0.15, 0.2) is 60.8 Å². The van der Waals surface area contributed by atoms with Crippen molar-refractivity contribution in [3.63, 3.8) is 0 Å². The summed E-state index contributed by atoms with van der Waals surface area (Å²) in [5, 5.41) is 90.0. The van der Waals surface area contributed by atoms with E-state index in [-0.39, 0.29) is 32.1 Å². The number of carbonyl (C=O) groups excluding carboxylic acids is 3. The number of aliphatic hydroxyl groups is 8. The molecule has 1 aliphatic carbocycles. The number of esters is 2. The molecule has 69 heavy (non-hydrogen) atoms. The number of hydrogen-bond acceptors (Lipinski definition) is 16. The highest BCUT2D eigenvalue weighted by molar-refractivity contribution is 7.47. The number of allylic oxidation sites excluding steroid dienone is 8. The number of ketones is 1. The Kier molecular flexibility index (Phi) is 32.5. The second-order valence-electron chi connectivity index (χ2n) is 18.3. The third-order valence-corrected chi connectivity index (χ3v) is 13.3. The fourth-order valence-corrected chi connectivity index (χ4v) is 9.13. The van der Waals surface area contributed by atoms with Gasteiger partial charge >= 0.3 is 19.8 Å². The fourth-order valence-electron chi connectivity index (χ4n) is 8.16. The first kappa shape index (κ1) is 62.2. The number of unbranched alkanes of at least 4 members (excludes halogenated alkanes) is 8. The van der Waals surface area contributed by atoms with Crippen LogP contribution in [0.5, 0.6) is 0 Å². The maximum Gasteiger partial charge on any atom is 0.472 e. The second-order valence-corrected chi connectivity index (χ2v) is 19.7. The molecule has 2 bridgehead atoms. The van der Waals surface area contributed by atoms with E-state index in [9.17, 15) is 64.7 Å². The van der Waals surface area contributed by atoms with Gasteiger partial charge in [-0.3, -0.25) is 23.4 Å². The van der Waals surface area contributed by atoms with E-state index in [1.165, 1.54) is 12.2 Å². The van der Waals surface area contributed by atoms with Crippen LogP contribution in [0.4, 0.5) is 0 Å². The van der Waals surface area contributed by atoms with Crippen LogP contribution in [0, 0.1) is 11.8 Å². The molecule has 1 aliphatic heterocycles. The molecule has 2 aliphatic rings. The maximum absolute atomic E-state index is 13.5. The van der Waals surface area contributed by atoms with Gasteiger partial charge in [-0.1, -0.05) is 120 Å². The van der Waals surface area contributed by atoms with Crippen LogP contribution in [0.3, 0.4) is 0 Å². The molecule has 9 N–H and O–H groups in total. The molecule has 2 fully saturated rings. The van der Waals surface area contributed by atoms with E-state index in [2.05, 4.69) is 55.5 Å². The van der Waals surface area contributed by atoms with Crippen LogP contribution in [-0.2, 0) is 37.5 Å². The van der Waals surface area contributed by atoms with Gasteiger partial charge in [0.05, 0.1) is 37.1 Å². The van der Waals surface area contributed by atoms with Gasteiger partial charge in [0.15, 0.2) is 6.10 Å². The fraction of sp³-hybridized carbons (Fsp3) is 0.745. The van der Waals surface area contributed by atoms with Crippen molar-refractivity contribution < 1.29 is 83.2 Å². The Balaban J connectivity index is 2.09. The average molecular weight is 1000 g/mol. The molecule has 0 radical (unpaired) electrons. The van der Waals surface area contributed by atoms with Gasteiger partial charge in [-0.15, -0.1) is 0 Å². The van der Waals surface area contributed by atoms with Crippen molar-refractivity contribution in [3.8, 4) is 0 Å². The molecular formula is C51H85O17P. The highest BCUT2D eigenvalue weighted by Gasteiger charge is 2.49. The maximum atomic E-state index is 13.5. The minimum Gasteiger partial charge on any atom is -0.462 e. The van der Waals surface area contributed by atoms with Gasteiger partial charge in [0.25, 0.3) is 0 Å². The molecule has 396 valence electrons. The second kappa shape index (κ2) is 36.1. The summed E-state index contributed by atoms with van der Waals surface area (Å²) in [5.41, 5.74) is 0. The summed E-state index contributed by atoms with van der Waals surface area (Å²) >= 11 is 0. The number of carbonyl (C=O) groups is 3. The van der Waals surface area contributed by atoms with Crippen molar-refractivity contribution >= 4 is 25.5 Å². The number of cyclic esters (lactones) is 1. The smallest absolute Gasteiger partial charge is 0.462 e. The van der Waals surface area contributed by atoms with Crippen LogP contribution < -0.4 is 0 Å². The molecule has 1 heterocycles. The number of phosphoric ester groups is 1. The zero-order chi connectivity index (χ0) is 51.0. The molecule has 13 atom stereocenters. The molecule has 17 nitrogen and oxygen atoms in total. The molecule has 0 amide bonds. The standard InChI is InChI=1S/C51H85O17P/c1-3-5-7-8-9-10-11-12-13-14-15-16-17-18-19-20-21-22-24-29-44(56)65-35-39-36-66-69(63,64)68-51-49(61)46(58)40(32-31-37(52)27-23-6-4-2)42(54)34-43(55)41(47(59)48(60)50(51)62)33-38(53)28-25-26-30-45(57)67-39/h5,7,9-10,12-13,15-16,31-32,37,39-43,46-52,54-55,58-62H,3-4,6,8,11,14,17-30,33-36H2,1-2H3,(H,63,64)/b7-5-,10-9-,13-12-,16-15-,32-31+/t37-,39+,40-,41-,42+,43-,46+,47+,48-,49+,50+,51+/m0/s1. The first-order valence-electron chi connectivity index (χ1n) is 25.3. The van der Waals surface area contributed by atoms with Crippen molar-refractivity contribution in [2.24, 2.45) is 11.8 Å². The van der Waals surface area contributed by atoms with E-state index in [1.807, 2.05) is 6.92 Å². The predicted molar refractivity (Wildman–Crippen MR) is 260 cm³/mol. The highest BCUT2D eigenvalue weighted by atomic mass is 31.2. The lowest BCUT2D eigenvalue weighted by atomic mass is 9.82. The minimum atomic E-state index is -5.50. The van der Waals surface area contributed by atoms with Crippen LogP contribution in [0.25, 0.3) is 0 Å². The van der Waals surface area contributed by atoms with Crippen LogP contribution in [0.2, 0.25) is 0 Å². The van der Waals surface area contributed by atoms with E-state index in [0.717, 1.165) is 77.0 Å². The zero-order valence-electron chi connectivity index (χ0n) is 40.9. The SMILES string of the molecule is CC/C=C\C/C=C\C/C=C\C/C=C\CCCCCCCCC(=O)OC[C@@H]1COP(=O)(O)O[C@H]2[C@H](O)[C@@H](O)[C@H](O)[C@@H](CC(=O)CCCCC(=O)O1)[C@@H](O)C[C@@H](O)[C@H](/C=C/[C@@H](O)CCCCC)[C@@H](O)[C@H]2O. The highest BCUT2D eigenvalue weighted by Crippen LogP contribution is 2.47. The molecule has 0 aromatic carbocycles. The minimum absolute atomic E-state index is 0.0631. The average Bonchev–Trinajstić information content (AvgIpc) is 3.31. The lowest BCUT2D eigenvalue weighted by molar-refractivity contribution is -0.168. The Morgan fingerprint density at radius 3 is 2.01 bits per heavy atom. The van der Waals surface area contributed by atoms with Crippen molar-refractivity contribution in [1.82, 2.24) is 0 Å². The van der Waals surface area contributed by atoms with E-state index in [0.29, 0.717) is 19.3 Å². The van der Waals surface area contributed by atoms with Gasteiger partial charge in [0.1, 0.15) is 36.8 Å². The Hall–Kier alpha value is -2.90. The summed E-state index contributed by atoms with van der Waals surface area (Å²) in [6.45, 7) is 2.60. The van der Waals surface area contributed by atoms with Crippen LogP contribution in [0.1, 0.15) is 155 Å². The van der Waals surface area contributed by atoms with E-state index >= 15 is 0 Å². The predicted octanol–water partition coefficient (Wildman–Crippen LogP) is 6.06. The molecule has 2 rings (SSSR count). The van der Waals surface area contributed by atoms with Gasteiger partial charge < -0.3 is 55.2 Å². The number of aliphatic hydroxyl groups excluding tert-OH is 8. The zero-order valence-corrected chi connectivity index (χ0v) is 41.8. The van der Waals surface area contributed by atoms with E-state index in [1.54, 1.807) is 0 Å². The summed E-state index contributed by atoms with van der Waals surface area (Å²) in [6.07, 6.45) is 11.4. The Morgan fingerprint density at radius 1 is 0.739 bits per heavy atom. The number of phosphoric acid groups is 1. The molecule has 0 aromatic heterocycles. The summed E-state index contributed by atoms with van der Waals surface area (Å²) < 4.78 is 34.6. The Bertz CT molecular complexity index is 1630. The monoisotopic (exact) mass is 1000 g/mol. The Labute approximate surface area is 409 Å². The first-order valence-corrected chi connectivity index (χ1v) is 26.8. The van der Waals surface area contributed by atoms with Gasteiger partial charge in [0.2, 0.25) is 0 Å². The van der Waals surface area contributed by atoms with Crippen LogP contribution in [-0.4, -0.2) is 138 Å².